The molecule has 0 fully saturated rings. The van der Waals surface area contributed by atoms with Crippen LogP contribution in [0.25, 0.3) is 0 Å². The molecular weight excluding hydrogens is 228 g/mol. The van der Waals surface area contributed by atoms with Crippen molar-refractivity contribution in [3.8, 4) is 11.5 Å². The Morgan fingerprint density at radius 3 is 2.28 bits per heavy atom. The van der Waals surface area contributed by atoms with Crippen LogP contribution in [0.3, 0.4) is 0 Å². The highest BCUT2D eigenvalue weighted by Crippen LogP contribution is 2.45. The van der Waals surface area contributed by atoms with Crippen LogP contribution in [0.5, 0.6) is 11.5 Å². The normalized spacial score (nSPS) is 19.3. The molecule has 18 heavy (non-hydrogen) atoms. The Morgan fingerprint density at radius 1 is 1.00 bits per heavy atom. The van der Waals surface area contributed by atoms with Crippen LogP contribution in [0.1, 0.15) is 48.1 Å². The predicted octanol–water partition coefficient (Wildman–Crippen LogP) is 2.70. The number of benzene rings is 1. The van der Waals surface area contributed by atoms with Crippen LogP contribution in [-0.2, 0) is 12.8 Å². The summed E-state index contributed by atoms with van der Waals surface area (Å²) in [4.78, 5) is 0. The molecule has 3 heteroatoms. The van der Waals surface area contributed by atoms with E-state index in [2.05, 4.69) is 6.92 Å². The summed E-state index contributed by atoms with van der Waals surface area (Å²) in [7, 11) is 0. The summed E-state index contributed by atoms with van der Waals surface area (Å²) in [5.41, 5.74) is 4.57. The van der Waals surface area contributed by atoms with E-state index in [0.29, 0.717) is 0 Å². The molecule has 0 aliphatic carbocycles. The number of aliphatic hydroxyl groups is 1. The van der Waals surface area contributed by atoms with E-state index in [1.54, 1.807) is 0 Å². The van der Waals surface area contributed by atoms with Crippen molar-refractivity contribution in [1.82, 2.24) is 0 Å². The molecule has 1 aromatic rings. The smallest absolute Gasteiger partial charge is 0.129 e. The lowest BCUT2D eigenvalue weighted by Crippen LogP contribution is -2.19. The lowest BCUT2D eigenvalue weighted by molar-refractivity contribution is 0.183. The highest BCUT2D eigenvalue weighted by molar-refractivity contribution is 5.60. The van der Waals surface area contributed by atoms with Gasteiger partial charge in [0.05, 0.1) is 19.3 Å². The van der Waals surface area contributed by atoms with Crippen molar-refractivity contribution in [3.05, 3.63) is 22.3 Å². The zero-order valence-electron chi connectivity index (χ0n) is 11.1. The van der Waals surface area contributed by atoms with Gasteiger partial charge in [-0.1, -0.05) is 0 Å². The third-order valence-corrected chi connectivity index (χ3v) is 3.96. The van der Waals surface area contributed by atoms with Crippen molar-refractivity contribution in [2.24, 2.45) is 0 Å². The summed E-state index contributed by atoms with van der Waals surface area (Å²) < 4.78 is 11.7. The number of ether oxygens (including phenoxy) is 2. The van der Waals surface area contributed by atoms with Crippen molar-refractivity contribution in [2.75, 3.05) is 13.2 Å². The molecule has 98 valence electrons. The first-order valence-corrected chi connectivity index (χ1v) is 6.82. The van der Waals surface area contributed by atoms with Gasteiger partial charge in [-0.15, -0.1) is 0 Å². The fraction of sp³-hybridized carbons (Fsp3) is 0.600. The minimum atomic E-state index is -0.493. The summed E-state index contributed by atoms with van der Waals surface area (Å²) in [6.45, 7) is 5.47. The van der Waals surface area contributed by atoms with E-state index in [-0.39, 0.29) is 0 Å². The van der Waals surface area contributed by atoms with Crippen molar-refractivity contribution < 1.29 is 14.6 Å². The molecule has 0 aromatic heterocycles. The molecule has 1 unspecified atom stereocenters. The molecule has 2 aliphatic heterocycles. The Labute approximate surface area is 108 Å². The van der Waals surface area contributed by atoms with Crippen LogP contribution in [0.4, 0.5) is 0 Å². The molecular formula is C15H20O3. The van der Waals surface area contributed by atoms with Crippen LogP contribution in [-0.4, -0.2) is 18.3 Å². The van der Waals surface area contributed by atoms with Crippen LogP contribution in [0.15, 0.2) is 0 Å². The molecule has 0 radical (unpaired) electrons. The third-order valence-electron chi connectivity index (χ3n) is 3.96. The molecule has 0 amide bonds. The first-order valence-electron chi connectivity index (χ1n) is 6.82. The van der Waals surface area contributed by atoms with Gasteiger partial charge >= 0.3 is 0 Å². The van der Waals surface area contributed by atoms with Gasteiger partial charge < -0.3 is 14.6 Å². The molecule has 3 rings (SSSR count). The number of rotatable bonds is 1. The quantitative estimate of drug-likeness (QED) is 0.830. The monoisotopic (exact) mass is 248 g/mol. The van der Waals surface area contributed by atoms with E-state index < -0.39 is 6.10 Å². The molecule has 2 heterocycles. The average molecular weight is 248 g/mol. The topological polar surface area (TPSA) is 38.7 Å². The SMILES string of the molecule is Cc1c2c(c(C(C)O)c3c1OCCC3)OCCC2. The molecule has 3 nitrogen and oxygen atoms in total. The van der Waals surface area contributed by atoms with Gasteiger partial charge in [0.15, 0.2) is 0 Å². The fourth-order valence-electron chi connectivity index (χ4n) is 3.15. The second-order valence-electron chi connectivity index (χ2n) is 5.23. The van der Waals surface area contributed by atoms with E-state index in [4.69, 9.17) is 9.47 Å². The van der Waals surface area contributed by atoms with E-state index >= 15 is 0 Å². The second-order valence-corrected chi connectivity index (χ2v) is 5.23. The van der Waals surface area contributed by atoms with Gasteiger partial charge in [0.25, 0.3) is 0 Å². The van der Waals surface area contributed by atoms with Crippen molar-refractivity contribution >= 4 is 0 Å². The van der Waals surface area contributed by atoms with Crippen LogP contribution in [0, 0.1) is 6.92 Å². The maximum atomic E-state index is 10.1. The Bertz CT molecular complexity index is 440. The number of hydrogen-bond donors (Lipinski definition) is 1. The minimum Gasteiger partial charge on any atom is -0.493 e. The van der Waals surface area contributed by atoms with Crippen molar-refractivity contribution in [1.29, 1.82) is 0 Å². The van der Waals surface area contributed by atoms with E-state index in [1.165, 1.54) is 11.1 Å². The zero-order valence-corrected chi connectivity index (χ0v) is 11.1. The minimum absolute atomic E-state index is 0.493. The Hall–Kier alpha value is -1.22. The highest BCUT2D eigenvalue weighted by Gasteiger charge is 2.29. The average Bonchev–Trinajstić information content (AvgIpc) is 2.39. The van der Waals surface area contributed by atoms with Gasteiger partial charge in [0, 0.05) is 16.7 Å². The fourth-order valence-corrected chi connectivity index (χ4v) is 3.15. The molecule has 0 spiro atoms. The molecule has 0 saturated heterocycles. The first-order chi connectivity index (χ1) is 8.70. The summed E-state index contributed by atoms with van der Waals surface area (Å²) in [5, 5.41) is 10.1. The van der Waals surface area contributed by atoms with Crippen LogP contribution >= 0.6 is 0 Å². The Morgan fingerprint density at radius 2 is 1.61 bits per heavy atom. The number of hydrogen-bond acceptors (Lipinski definition) is 3. The van der Waals surface area contributed by atoms with Gasteiger partial charge in [-0.05, 0) is 45.1 Å². The zero-order chi connectivity index (χ0) is 12.7. The lowest BCUT2D eigenvalue weighted by atomic mass is 9.87. The van der Waals surface area contributed by atoms with E-state index in [0.717, 1.165) is 61.5 Å². The highest BCUT2D eigenvalue weighted by atomic mass is 16.5. The van der Waals surface area contributed by atoms with E-state index in [1.807, 2.05) is 6.92 Å². The standard InChI is InChI=1S/C15H20O3/c1-9-11-5-3-8-18-15(11)13(10(2)16)12-6-4-7-17-14(9)12/h10,16H,3-8H2,1-2H3. The van der Waals surface area contributed by atoms with E-state index in [9.17, 15) is 5.11 Å². The van der Waals surface area contributed by atoms with Gasteiger partial charge in [0.2, 0.25) is 0 Å². The molecule has 1 aromatic carbocycles. The third kappa shape index (κ3) is 1.69. The summed E-state index contributed by atoms with van der Waals surface area (Å²) in [6, 6.07) is 0. The maximum absolute atomic E-state index is 10.1. The van der Waals surface area contributed by atoms with Crippen molar-refractivity contribution in [2.45, 2.75) is 45.6 Å². The van der Waals surface area contributed by atoms with Crippen molar-refractivity contribution in [3.63, 3.8) is 0 Å². The maximum Gasteiger partial charge on any atom is 0.129 e. The Balaban J connectivity index is 2.27. The number of fused-ring (bicyclic) bond motifs is 2. The van der Waals surface area contributed by atoms with Crippen LogP contribution < -0.4 is 9.47 Å². The summed E-state index contributed by atoms with van der Waals surface area (Å²) in [5.74, 6) is 1.93. The van der Waals surface area contributed by atoms with Gasteiger partial charge in [0.1, 0.15) is 11.5 Å². The molecule has 2 aliphatic rings. The summed E-state index contributed by atoms with van der Waals surface area (Å²) in [6.07, 6.45) is 3.58. The molecule has 0 saturated carbocycles. The van der Waals surface area contributed by atoms with Gasteiger partial charge in [-0.3, -0.25) is 0 Å². The number of aliphatic hydroxyl groups excluding tert-OH is 1. The molecule has 1 N–H and O–H groups in total. The Kier molecular flexibility index (Phi) is 2.94. The van der Waals surface area contributed by atoms with Gasteiger partial charge in [-0.25, -0.2) is 0 Å². The predicted molar refractivity (Wildman–Crippen MR) is 69.4 cm³/mol. The molecule has 1 atom stereocenters. The lowest BCUT2D eigenvalue weighted by Gasteiger charge is -2.30. The largest absolute Gasteiger partial charge is 0.493 e. The second kappa shape index (κ2) is 4.47. The van der Waals surface area contributed by atoms with Gasteiger partial charge in [-0.2, -0.15) is 0 Å². The summed E-state index contributed by atoms with van der Waals surface area (Å²) >= 11 is 0. The first kappa shape index (κ1) is 11.8. The molecule has 0 bridgehead atoms. The van der Waals surface area contributed by atoms with Crippen LogP contribution in [0.2, 0.25) is 0 Å².